The first kappa shape index (κ1) is 117. The Kier molecular flexibility index (Phi) is 63.3. The lowest BCUT2D eigenvalue weighted by Gasteiger charge is -2.30. The number of nitrogens with zero attached hydrogens (tertiary/aromatic N) is 2. The second kappa shape index (κ2) is 63.8. The minimum absolute atomic E-state index is 0.107. The molecule has 5 nitrogen and oxygen atoms in total. The molecular weight excluding hydrogens is 1470 g/mol. The fourth-order valence-corrected chi connectivity index (χ4v) is 15.9. The maximum Gasteiger partial charge on any atom is 0.391 e. The highest BCUT2D eigenvalue weighted by Crippen LogP contribution is 2.53. The molecule has 0 aromatic heterocycles. The maximum atomic E-state index is 12.6. The van der Waals surface area contributed by atoms with Gasteiger partial charge in [0, 0.05) is 37.4 Å². The van der Waals surface area contributed by atoms with Crippen LogP contribution in [0.2, 0.25) is 0 Å². The van der Waals surface area contributed by atoms with Crippen LogP contribution in [0.1, 0.15) is 425 Å². The van der Waals surface area contributed by atoms with Crippen LogP contribution in [-0.2, 0) is 14.9 Å². The van der Waals surface area contributed by atoms with Crippen molar-refractivity contribution in [2.24, 2.45) is 81.8 Å². The van der Waals surface area contributed by atoms with Crippen molar-refractivity contribution in [2.45, 2.75) is 474 Å². The second-order valence-electron chi connectivity index (χ2n) is 42.4. The topological polar surface area (TPSA) is 34.2 Å². The predicted molar refractivity (Wildman–Crippen MR) is 512 cm³/mol. The molecule has 1 aliphatic heterocycles. The molecule has 8 aliphatic rings. The summed E-state index contributed by atoms with van der Waals surface area (Å²) in [5.41, 5.74) is 4.63. The number of likely N-dealkylation sites (tertiary alicyclic amines) is 1. The van der Waals surface area contributed by atoms with Gasteiger partial charge in [-0.05, 0) is 291 Å². The van der Waals surface area contributed by atoms with Gasteiger partial charge < -0.3 is 24.0 Å². The van der Waals surface area contributed by atoms with Crippen molar-refractivity contribution >= 4 is 0 Å². The number of alkyl halides is 5. The molecule has 8 fully saturated rings. The van der Waals surface area contributed by atoms with Gasteiger partial charge in [-0.1, -0.05) is 314 Å². The van der Waals surface area contributed by atoms with Crippen LogP contribution in [0.15, 0.2) is 91.0 Å². The summed E-state index contributed by atoms with van der Waals surface area (Å²) in [5.74, 6) is 7.65. The van der Waals surface area contributed by atoms with Crippen molar-refractivity contribution in [2.75, 3.05) is 26.7 Å². The van der Waals surface area contributed by atoms with Gasteiger partial charge in [0.25, 0.3) is 0 Å². The van der Waals surface area contributed by atoms with E-state index in [1.165, 1.54) is 179 Å². The maximum absolute atomic E-state index is 12.6. The average molecular weight is 1670 g/mol. The van der Waals surface area contributed by atoms with E-state index >= 15 is 0 Å². The zero-order valence-electron chi connectivity index (χ0n) is 84.1. The minimum atomic E-state index is -4.00. The molecule has 118 heavy (non-hydrogen) atoms. The van der Waals surface area contributed by atoms with Gasteiger partial charge in [-0.3, -0.25) is 0 Å². The molecule has 7 aliphatic carbocycles. The Hall–Kier alpha value is -3.05. The van der Waals surface area contributed by atoms with E-state index in [0.29, 0.717) is 71.3 Å². The van der Waals surface area contributed by atoms with Crippen molar-refractivity contribution in [1.29, 1.82) is 0 Å². The van der Waals surface area contributed by atoms with Crippen LogP contribution in [0.4, 0.5) is 22.0 Å². The van der Waals surface area contributed by atoms with Crippen molar-refractivity contribution in [3.63, 3.8) is 0 Å². The summed E-state index contributed by atoms with van der Waals surface area (Å²) in [5, 5.41) is 0. The number of hydrogen-bond donors (Lipinski definition) is 0. The molecule has 0 radical (unpaired) electrons. The number of halogens is 5. The van der Waals surface area contributed by atoms with Crippen molar-refractivity contribution in [3.8, 4) is 5.75 Å². The van der Waals surface area contributed by atoms with Crippen LogP contribution in [0.3, 0.4) is 0 Å². The lowest BCUT2D eigenvalue weighted by atomic mass is 9.76. The van der Waals surface area contributed by atoms with Gasteiger partial charge in [0.2, 0.25) is 5.92 Å². The Labute approximate surface area is 732 Å². The molecule has 0 N–H and O–H groups in total. The van der Waals surface area contributed by atoms with Crippen LogP contribution >= 0.6 is 0 Å². The molecule has 0 bridgehead atoms. The van der Waals surface area contributed by atoms with Gasteiger partial charge in [0.1, 0.15) is 5.75 Å². The summed E-state index contributed by atoms with van der Waals surface area (Å²) >= 11 is 0. The zero-order valence-corrected chi connectivity index (χ0v) is 84.1. The van der Waals surface area contributed by atoms with E-state index in [1.807, 2.05) is 77.9 Å². The van der Waals surface area contributed by atoms with Gasteiger partial charge in [-0.25, -0.2) is 8.78 Å². The molecular formula is C108H199F5N2O3. The summed E-state index contributed by atoms with van der Waals surface area (Å²) in [7, 11) is 2.21. The minimum Gasteiger partial charge on any atom is -0.491 e. The van der Waals surface area contributed by atoms with E-state index in [1.54, 1.807) is 5.56 Å². The number of benzene rings is 3. The largest absolute Gasteiger partial charge is 0.491 e. The number of piperidine rings is 1. The molecule has 1 saturated heterocycles. The Morgan fingerprint density at radius 2 is 0.805 bits per heavy atom. The molecule has 1 unspecified atom stereocenters. The smallest absolute Gasteiger partial charge is 0.391 e. The molecule has 3 aromatic carbocycles. The molecule has 10 heteroatoms. The van der Waals surface area contributed by atoms with Crippen molar-refractivity contribution in [1.82, 2.24) is 9.80 Å². The van der Waals surface area contributed by atoms with E-state index < -0.39 is 18.0 Å². The van der Waals surface area contributed by atoms with Crippen LogP contribution in [0.25, 0.3) is 0 Å². The molecule has 3 aromatic rings. The molecule has 0 amide bonds. The molecule has 11 rings (SSSR count). The summed E-state index contributed by atoms with van der Waals surface area (Å²) in [4.78, 5) is 4.99. The number of para-hydroxylation sites is 1. The highest BCUT2D eigenvalue weighted by Gasteiger charge is 2.46. The number of hydrogen-bond acceptors (Lipinski definition) is 5. The fourth-order valence-electron chi connectivity index (χ4n) is 15.9. The highest BCUT2D eigenvalue weighted by molar-refractivity contribution is 5.31. The molecule has 1 heterocycles. The van der Waals surface area contributed by atoms with Crippen LogP contribution in [-0.4, -0.2) is 91.2 Å². The third-order valence-corrected chi connectivity index (χ3v) is 25.8. The first-order valence-corrected chi connectivity index (χ1v) is 48.8. The van der Waals surface area contributed by atoms with Gasteiger partial charge >= 0.3 is 6.18 Å². The Morgan fingerprint density at radius 3 is 1.07 bits per heavy atom. The Morgan fingerprint density at radius 1 is 0.424 bits per heavy atom. The number of rotatable bonds is 17. The van der Waals surface area contributed by atoms with E-state index in [9.17, 15) is 22.0 Å². The predicted octanol–water partition coefficient (Wildman–Crippen LogP) is 34.7. The van der Waals surface area contributed by atoms with Gasteiger partial charge in [0.15, 0.2) is 0 Å². The molecule has 694 valence electrons. The summed E-state index contributed by atoms with van der Waals surface area (Å²) in [6.07, 6.45) is 34.2. The summed E-state index contributed by atoms with van der Waals surface area (Å²) in [6, 6.07) is 32.8. The van der Waals surface area contributed by atoms with E-state index in [-0.39, 0.29) is 18.9 Å². The standard InChI is InChI=1S/C12H16.C10H20.C9H16F2.C9H18O.C9H12O.C9H18.C9H12.2C8H17N.C8H16.C7H16.C6H14O.C4H7F3/c1-10(2)12(8-9-12)11-6-4-3-5-7-11;1-8(2)9-6-5-7-10(9,3)4;1-7(2)8-3-5-9(10,11)6-4-8;2*1-8(2)10-9-6-4-3-5-7-9;2*1-8(2)9-6-4-3-5-7-9;1-7(2)9(3)6-8-4-5-8;1-8(2)9-6-4-3-5-7-9;1-7(2)8-5-3-4-6-8;1-6(2)7(3,4)5;1-5(2)7-6(3)4;1-3(2)4(5,6)7/h3-7,10H,8-9H2,1-2H3;8-9H,5-7H2,1-4H3;7-8H,3-6H2,1-2H3;8-9H,3-7H2,1-2H3;3-8H,1-2H3;8-9H,3-7H2,1-2H3;3-8H,1-2H3;7-8H,4-6H2,1-3H3;8H,3-7H2,1-2H3;7-8H,3-6H2,1-2H3;6H,1-5H3;5-6H,1-4H3;3H,1-2H3. The zero-order chi connectivity index (χ0) is 90.6. The van der Waals surface area contributed by atoms with Gasteiger partial charge in [-0.15, -0.1) is 0 Å². The lowest BCUT2D eigenvalue weighted by molar-refractivity contribution is -0.164. The lowest BCUT2D eigenvalue weighted by Crippen LogP contribution is -2.35. The van der Waals surface area contributed by atoms with E-state index in [2.05, 4.69) is 245 Å². The quantitative estimate of drug-likeness (QED) is 0.126. The molecule has 7 saturated carbocycles. The van der Waals surface area contributed by atoms with Crippen LogP contribution in [0, 0.1) is 81.8 Å². The molecule has 0 spiro atoms. The summed E-state index contributed by atoms with van der Waals surface area (Å²) < 4.78 is 75.2. The second-order valence-corrected chi connectivity index (χ2v) is 42.4. The van der Waals surface area contributed by atoms with Crippen molar-refractivity contribution < 1.29 is 36.2 Å². The average Bonchev–Trinajstić information content (AvgIpc) is 1.61. The van der Waals surface area contributed by atoms with Crippen molar-refractivity contribution in [3.05, 3.63) is 102 Å². The first-order chi connectivity index (χ1) is 54.8. The molecule has 1 atom stereocenters. The third kappa shape index (κ3) is 60.5. The fraction of sp³-hybridized carbons (Fsp3) is 0.833. The SMILES string of the molecule is CC(C)C(C)(C)C.CC(C)C(F)(F)F.CC(C)C1(c2ccccc2)CC1.CC(C)C1CCC(F)(F)CC1.CC(C)C1CCCC1.CC(C)C1CCCC1(C)C.CC(C)C1CCCCC1.CC(C)N(C)CC1CC1.CC(C)N1CCCCC1.CC(C)OC(C)C.CC(C)OC1CCCCC1.CC(C)Oc1ccccc1.CC(C)c1ccccc1. The Balaban J connectivity index is 0. The Bertz CT molecular complexity index is 2640. The van der Waals surface area contributed by atoms with E-state index in [4.69, 9.17) is 14.2 Å². The van der Waals surface area contributed by atoms with Gasteiger partial charge in [-0.2, -0.15) is 13.2 Å². The number of ether oxygens (including phenoxy) is 3. The van der Waals surface area contributed by atoms with Gasteiger partial charge in [0.05, 0.1) is 30.5 Å². The monoisotopic (exact) mass is 1670 g/mol. The van der Waals surface area contributed by atoms with Crippen LogP contribution in [0.5, 0.6) is 5.75 Å². The third-order valence-electron chi connectivity index (χ3n) is 25.8. The van der Waals surface area contributed by atoms with E-state index in [0.717, 1.165) is 84.9 Å². The normalized spacial score (nSPS) is 19.3. The summed E-state index contributed by atoms with van der Waals surface area (Å²) in [6.45, 7) is 75.3. The van der Waals surface area contributed by atoms with Crippen LogP contribution < -0.4 is 4.74 Å². The first-order valence-electron chi connectivity index (χ1n) is 48.8. The highest BCUT2D eigenvalue weighted by atomic mass is 19.4.